The normalized spacial score (nSPS) is 19.5. The Bertz CT molecular complexity index is 249. The van der Waals surface area contributed by atoms with Crippen LogP contribution in [0, 0.1) is 0 Å². The molecule has 1 nitrogen and oxygen atoms in total. The molecule has 98 valence electrons. The van der Waals surface area contributed by atoms with Crippen molar-refractivity contribution in [2.24, 2.45) is 0 Å². The molecule has 0 bridgehead atoms. The number of thioether (sulfide) groups is 4. The van der Waals surface area contributed by atoms with E-state index in [1.807, 2.05) is 11.8 Å². The van der Waals surface area contributed by atoms with Gasteiger partial charge in [0.1, 0.15) is 0 Å². The van der Waals surface area contributed by atoms with Gasteiger partial charge in [0.15, 0.2) is 0 Å². The van der Waals surface area contributed by atoms with E-state index in [0.717, 1.165) is 17.4 Å². The fraction of sp³-hybridized carbons (Fsp3) is 0.750. The molecule has 0 radical (unpaired) electrons. The molecule has 0 saturated carbocycles. The first-order valence-corrected chi connectivity index (χ1v) is 10.1. The molecule has 1 aliphatic rings. The number of hydrogen-bond acceptors (Lipinski definition) is 5. The van der Waals surface area contributed by atoms with Crippen LogP contribution in [0.1, 0.15) is 19.8 Å². The largest absolute Gasteiger partial charge is 0.282 e. The summed E-state index contributed by atoms with van der Waals surface area (Å²) in [4.78, 5) is 11.3. The topological polar surface area (TPSA) is 17.1 Å². The summed E-state index contributed by atoms with van der Waals surface area (Å²) in [6.45, 7) is 5.43. The molecular weight excluding hydrogens is 288 g/mol. The van der Waals surface area contributed by atoms with Gasteiger partial charge in [0.25, 0.3) is 0 Å². The first kappa shape index (κ1) is 15.9. The summed E-state index contributed by atoms with van der Waals surface area (Å²) >= 11 is 7.61. The molecule has 1 heterocycles. The fourth-order valence-corrected chi connectivity index (χ4v) is 6.29. The number of rotatable bonds is 8. The molecule has 17 heavy (non-hydrogen) atoms. The molecule has 1 fully saturated rings. The summed E-state index contributed by atoms with van der Waals surface area (Å²) in [5.41, 5.74) is 0.665. The van der Waals surface area contributed by atoms with Gasteiger partial charge in [-0.05, 0) is 36.8 Å². The van der Waals surface area contributed by atoms with Gasteiger partial charge < -0.3 is 0 Å². The average molecular weight is 309 g/mol. The Balaban J connectivity index is 1.84. The Hall–Kier alpha value is 0.810. The Labute approximate surface area is 122 Å². The zero-order valence-electron chi connectivity index (χ0n) is 10.3. The summed E-state index contributed by atoms with van der Waals surface area (Å²) < 4.78 is 0. The number of carbonyl (C=O) groups is 1. The third-order valence-electron chi connectivity index (χ3n) is 2.29. The molecule has 0 aromatic rings. The Kier molecular flexibility index (Phi) is 9.06. The zero-order valence-corrected chi connectivity index (χ0v) is 13.5. The minimum Gasteiger partial charge on any atom is -0.282 e. The van der Waals surface area contributed by atoms with Gasteiger partial charge in [0, 0.05) is 21.8 Å². The minimum absolute atomic E-state index is 0.148. The number of carbonyl (C=O) groups excluding carboxylic acids is 1. The highest BCUT2D eigenvalue weighted by molar-refractivity contribution is 8.19. The van der Waals surface area contributed by atoms with Crippen molar-refractivity contribution in [3.05, 3.63) is 12.2 Å². The van der Waals surface area contributed by atoms with Crippen molar-refractivity contribution >= 4 is 52.2 Å². The van der Waals surface area contributed by atoms with E-state index >= 15 is 0 Å². The zero-order chi connectivity index (χ0) is 12.5. The van der Waals surface area contributed by atoms with Crippen LogP contribution < -0.4 is 0 Å². The first-order chi connectivity index (χ1) is 8.20. The lowest BCUT2D eigenvalue weighted by atomic mass is 10.4. The van der Waals surface area contributed by atoms with Crippen LogP contribution in [0.3, 0.4) is 0 Å². The molecule has 1 atom stereocenters. The molecule has 0 aromatic carbocycles. The maximum atomic E-state index is 11.3. The standard InChI is InChI=1S/C12H20OS4/c1-10(2)12(13)16-6-3-5-14-7-4-11-8-15-9-17-11/h11H,1,3-9H2,2H3. The molecule has 0 N–H and O–H groups in total. The van der Waals surface area contributed by atoms with Crippen molar-refractivity contribution < 1.29 is 4.79 Å². The first-order valence-electron chi connectivity index (χ1n) is 5.80. The molecule has 1 rings (SSSR count). The van der Waals surface area contributed by atoms with Crippen LogP contribution in [-0.2, 0) is 4.79 Å². The van der Waals surface area contributed by atoms with Crippen molar-refractivity contribution in [3.8, 4) is 0 Å². The fourth-order valence-electron chi connectivity index (χ4n) is 1.30. The highest BCUT2D eigenvalue weighted by atomic mass is 32.2. The van der Waals surface area contributed by atoms with Gasteiger partial charge in [-0.15, -0.1) is 23.5 Å². The van der Waals surface area contributed by atoms with Gasteiger partial charge in [-0.1, -0.05) is 18.3 Å². The molecular formula is C12H20OS4. The molecule has 1 unspecified atom stereocenters. The van der Waals surface area contributed by atoms with Gasteiger partial charge in [0.05, 0.1) is 0 Å². The van der Waals surface area contributed by atoms with Gasteiger partial charge in [-0.2, -0.15) is 11.8 Å². The van der Waals surface area contributed by atoms with Crippen LogP contribution in [0.2, 0.25) is 0 Å². The quantitative estimate of drug-likeness (QED) is 0.493. The van der Waals surface area contributed by atoms with Crippen LogP contribution in [0.5, 0.6) is 0 Å². The van der Waals surface area contributed by atoms with Crippen LogP contribution >= 0.6 is 47.0 Å². The summed E-state index contributed by atoms with van der Waals surface area (Å²) in [6, 6.07) is 0. The van der Waals surface area contributed by atoms with E-state index in [9.17, 15) is 4.79 Å². The van der Waals surface area contributed by atoms with E-state index in [4.69, 9.17) is 0 Å². The van der Waals surface area contributed by atoms with Crippen LogP contribution in [0.4, 0.5) is 0 Å². The molecule has 0 aliphatic carbocycles. The predicted octanol–water partition coefficient (Wildman–Crippen LogP) is 4.14. The van der Waals surface area contributed by atoms with E-state index in [1.54, 1.807) is 6.92 Å². The average Bonchev–Trinajstić information content (AvgIpc) is 2.80. The summed E-state index contributed by atoms with van der Waals surface area (Å²) in [6.07, 6.45) is 2.47. The molecule has 1 saturated heterocycles. The molecule has 0 spiro atoms. The van der Waals surface area contributed by atoms with Crippen molar-refractivity contribution in [1.29, 1.82) is 0 Å². The van der Waals surface area contributed by atoms with Gasteiger partial charge in [-0.25, -0.2) is 0 Å². The smallest absolute Gasteiger partial charge is 0.214 e. The third kappa shape index (κ3) is 7.75. The molecule has 0 aromatic heterocycles. The lowest BCUT2D eigenvalue weighted by molar-refractivity contribution is -0.107. The Morgan fingerprint density at radius 3 is 2.88 bits per heavy atom. The Morgan fingerprint density at radius 2 is 2.24 bits per heavy atom. The summed E-state index contributed by atoms with van der Waals surface area (Å²) in [5.74, 6) is 4.74. The lowest BCUT2D eigenvalue weighted by Gasteiger charge is -2.06. The second-order valence-corrected chi connectivity index (χ2v) is 8.93. The van der Waals surface area contributed by atoms with Crippen molar-refractivity contribution in [2.75, 3.05) is 28.1 Å². The van der Waals surface area contributed by atoms with Gasteiger partial charge in [0.2, 0.25) is 5.12 Å². The van der Waals surface area contributed by atoms with Crippen LogP contribution in [0.15, 0.2) is 12.2 Å². The van der Waals surface area contributed by atoms with E-state index < -0.39 is 0 Å². The van der Waals surface area contributed by atoms with Crippen LogP contribution in [-0.4, -0.2) is 38.5 Å². The van der Waals surface area contributed by atoms with E-state index in [1.165, 1.54) is 40.5 Å². The van der Waals surface area contributed by atoms with Crippen molar-refractivity contribution in [2.45, 2.75) is 25.0 Å². The predicted molar refractivity (Wildman–Crippen MR) is 87.5 cm³/mol. The monoisotopic (exact) mass is 308 g/mol. The SMILES string of the molecule is C=C(C)C(=O)SCCCSCCC1CSCS1. The molecule has 0 amide bonds. The maximum absolute atomic E-state index is 11.3. The lowest BCUT2D eigenvalue weighted by Crippen LogP contribution is -2.02. The van der Waals surface area contributed by atoms with Crippen LogP contribution in [0.25, 0.3) is 0 Å². The van der Waals surface area contributed by atoms with Gasteiger partial charge >= 0.3 is 0 Å². The molecule has 1 aliphatic heterocycles. The van der Waals surface area contributed by atoms with Gasteiger partial charge in [-0.3, -0.25) is 4.79 Å². The summed E-state index contributed by atoms with van der Waals surface area (Å²) in [7, 11) is 0. The highest BCUT2D eigenvalue weighted by Crippen LogP contribution is 2.32. The second kappa shape index (κ2) is 9.70. The number of hydrogen-bond donors (Lipinski definition) is 0. The Morgan fingerprint density at radius 1 is 1.41 bits per heavy atom. The minimum atomic E-state index is 0.148. The third-order valence-corrected chi connectivity index (χ3v) is 7.43. The molecule has 5 heteroatoms. The van der Waals surface area contributed by atoms with Crippen molar-refractivity contribution in [3.63, 3.8) is 0 Å². The maximum Gasteiger partial charge on any atom is 0.214 e. The second-order valence-electron chi connectivity index (χ2n) is 3.95. The van der Waals surface area contributed by atoms with E-state index in [2.05, 4.69) is 30.1 Å². The summed E-state index contributed by atoms with van der Waals surface area (Å²) in [5, 5.41) is 2.33. The van der Waals surface area contributed by atoms with E-state index in [0.29, 0.717) is 5.57 Å². The van der Waals surface area contributed by atoms with E-state index in [-0.39, 0.29) is 5.12 Å². The highest BCUT2D eigenvalue weighted by Gasteiger charge is 2.14. The van der Waals surface area contributed by atoms with Crippen molar-refractivity contribution in [1.82, 2.24) is 0 Å².